The highest BCUT2D eigenvalue weighted by atomic mass is 28.3. The van der Waals surface area contributed by atoms with E-state index in [0.717, 1.165) is 0 Å². The molecule has 0 spiro atoms. The smallest absolute Gasteiger partial charge is 0.143 e. The molecule has 78 valence electrons. The monoisotopic (exact) mass is 207 g/mol. The van der Waals surface area contributed by atoms with Crippen molar-refractivity contribution in [2.45, 2.75) is 26.8 Å². The van der Waals surface area contributed by atoms with Gasteiger partial charge >= 0.3 is 0 Å². The first-order valence-electron chi connectivity index (χ1n) is 5.30. The van der Waals surface area contributed by atoms with Gasteiger partial charge in [-0.1, -0.05) is 25.1 Å². The van der Waals surface area contributed by atoms with Crippen LogP contribution in [0.5, 0.6) is 0 Å². The minimum absolute atomic E-state index is 0.879. The molecule has 1 aromatic carbocycles. The Morgan fingerprint density at radius 1 is 1.21 bits per heavy atom. The van der Waals surface area contributed by atoms with Crippen molar-refractivity contribution in [3.63, 3.8) is 0 Å². The van der Waals surface area contributed by atoms with Crippen LogP contribution in [-0.4, -0.2) is 27.6 Å². The summed E-state index contributed by atoms with van der Waals surface area (Å²) in [6, 6.07) is 8.01. The van der Waals surface area contributed by atoms with Crippen molar-refractivity contribution in [2.75, 3.05) is 14.1 Å². The average Bonchev–Trinajstić information content (AvgIpc) is 2.13. The van der Waals surface area contributed by atoms with Crippen molar-refractivity contribution in [3.8, 4) is 0 Å². The Morgan fingerprint density at radius 2 is 1.86 bits per heavy atom. The number of aryl methyl sites for hydroxylation is 1. The van der Waals surface area contributed by atoms with Gasteiger partial charge in [0.15, 0.2) is 0 Å². The first-order valence-corrected chi connectivity index (χ1v) is 7.21. The van der Waals surface area contributed by atoms with Crippen molar-refractivity contribution < 1.29 is 0 Å². The van der Waals surface area contributed by atoms with Crippen LogP contribution in [0.15, 0.2) is 18.2 Å². The zero-order valence-corrected chi connectivity index (χ0v) is 11.1. The van der Waals surface area contributed by atoms with Crippen LogP contribution in [-0.2, 0) is 0 Å². The van der Waals surface area contributed by atoms with Gasteiger partial charge in [0.1, 0.15) is 8.96 Å². The number of rotatable bonds is 3. The predicted molar refractivity (Wildman–Crippen MR) is 66.9 cm³/mol. The molecule has 1 atom stereocenters. The Kier molecular flexibility index (Phi) is 3.90. The van der Waals surface area contributed by atoms with Crippen LogP contribution in [0, 0.1) is 13.8 Å². The number of hydrogen-bond acceptors (Lipinski definition) is 1. The number of nitrogens with zero attached hydrogens (tertiary/aromatic N) is 1. The second-order valence-electron chi connectivity index (χ2n) is 4.18. The summed E-state index contributed by atoms with van der Waals surface area (Å²) in [4.78, 5) is 0. The molecule has 0 aliphatic carbocycles. The zero-order valence-electron chi connectivity index (χ0n) is 9.96. The highest BCUT2D eigenvalue weighted by molar-refractivity contribution is 6.70. The maximum absolute atomic E-state index is 2.43. The summed E-state index contributed by atoms with van der Waals surface area (Å²) in [6.45, 7) is 6.76. The molecule has 1 nitrogen and oxygen atoms in total. The third-order valence-electron chi connectivity index (χ3n) is 3.02. The minimum Gasteiger partial charge on any atom is -0.328 e. The van der Waals surface area contributed by atoms with E-state index < -0.39 is 8.96 Å². The summed E-state index contributed by atoms with van der Waals surface area (Å²) in [5.41, 5.74) is 2.93. The quantitative estimate of drug-likeness (QED) is 0.683. The van der Waals surface area contributed by atoms with E-state index in [0.29, 0.717) is 0 Å². The van der Waals surface area contributed by atoms with Crippen molar-refractivity contribution >= 4 is 14.1 Å². The van der Waals surface area contributed by atoms with E-state index in [1.165, 1.54) is 17.2 Å². The van der Waals surface area contributed by atoms with E-state index in [1.54, 1.807) is 5.19 Å². The third kappa shape index (κ3) is 2.25. The molecule has 1 unspecified atom stereocenters. The molecule has 0 fully saturated rings. The van der Waals surface area contributed by atoms with Gasteiger partial charge in [-0.05, 0) is 50.3 Å². The maximum atomic E-state index is 2.43. The average molecular weight is 207 g/mol. The molecule has 0 aliphatic heterocycles. The Morgan fingerprint density at radius 3 is 2.36 bits per heavy atom. The van der Waals surface area contributed by atoms with Gasteiger partial charge < -0.3 is 4.57 Å². The van der Waals surface area contributed by atoms with Crippen LogP contribution < -0.4 is 5.19 Å². The molecular formula is C12H21NSi. The summed E-state index contributed by atoms with van der Waals surface area (Å²) in [5.74, 6) is 0. The lowest BCUT2D eigenvalue weighted by Gasteiger charge is -2.23. The fourth-order valence-corrected chi connectivity index (χ4v) is 4.79. The molecule has 1 rings (SSSR count). The zero-order chi connectivity index (χ0) is 10.7. The Balaban J connectivity index is 3.10. The lowest BCUT2D eigenvalue weighted by Crippen LogP contribution is -2.44. The van der Waals surface area contributed by atoms with Gasteiger partial charge in [0.25, 0.3) is 0 Å². The fraction of sp³-hybridized carbons (Fsp3) is 0.500. The van der Waals surface area contributed by atoms with Gasteiger partial charge in [-0.25, -0.2) is 0 Å². The van der Waals surface area contributed by atoms with Crippen LogP contribution in [0.25, 0.3) is 0 Å². The predicted octanol–water partition coefficient (Wildman–Crippen LogP) is 1.82. The number of hydrogen-bond donors (Lipinski definition) is 0. The Bertz CT molecular complexity index is 307. The Labute approximate surface area is 89.4 Å². The molecule has 0 bridgehead atoms. The van der Waals surface area contributed by atoms with Crippen LogP contribution in [0.2, 0.25) is 6.04 Å². The topological polar surface area (TPSA) is 3.24 Å². The van der Waals surface area contributed by atoms with E-state index in [4.69, 9.17) is 0 Å². The second-order valence-corrected chi connectivity index (χ2v) is 7.68. The normalized spacial score (nSPS) is 13.3. The molecule has 0 amide bonds. The van der Waals surface area contributed by atoms with E-state index in [-0.39, 0.29) is 0 Å². The largest absolute Gasteiger partial charge is 0.328 e. The van der Waals surface area contributed by atoms with E-state index >= 15 is 0 Å². The van der Waals surface area contributed by atoms with Gasteiger partial charge in [-0.2, -0.15) is 0 Å². The summed E-state index contributed by atoms with van der Waals surface area (Å²) in [5, 5.41) is 1.61. The number of benzene rings is 1. The molecule has 0 aliphatic rings. The van der Waals surface area contributed by atoms with Gasteiger partial charge in [0, 0.05) is 0 Å². The van der Waals surface area contributed by atoms with Gasteiger partial charge in [-0.3, -0.25) is 0 Å². The lowest BCUT2D eigenvalue weighted by atomic mass is 10.1. The molecule has 0 radical (unpaired) electrons. The maximum Gasteiger partial charge on any atom is 0.143 e. The highest BCUT2D eigenvalue weighted by Crippen LogP contribution is 2.06. The van der Waals surface area contributed by atoms with Gasteiger partial charge in [-0.15, -0.1) is 0 Å². The summed E-state index contributed by atoms with van der Waals surface area (Å²) >= 11 is 0. The van der Waals surface area contributed by atoms with Crippen molar-refractivity contribution in [1.29, 1.82) is 0 Å². The molecule has 14 heavy (non-hydrogen) atoms. The molecule has 1 aromatic rings. The standard InChI is InChI=1S/C12H21NSi/c1-6-14(13(4)5)12-9-7-8-10(2)11(12)3/h7-9,14H,6H2,1-5H3. The first kappa shape index (κ1) is 11.5. The summed E-state index contributed by atoms with van der Waals surface area (Å²) in [6.07, 6.45) is 0. The SMILES string of the molecule is CC[SiH](c1cccc(C)c1C)N(C)C. The molecule has 0 heterocycles. The Hall–Kier alpha value is -0.603. The van der Waals surface area contributed by atoms with Crippen LogP contribution in [0.1, 0.15) is 18.1 Å². The fourth-order valence-electron chi connectivity index (χ4n) is 2.00. The third-order valence-corrected chi connectivity index (χ3v) is 6.38. The molecule has 2 heteroatoms. The van der Waals surface area contributed by atoms with Gasteiger partial charge in [0.05, 0.1) is 0 Å². The van der Waals surface area contributed by atoms with Crippen molar-refractivity contribution in [3.05, 3.63) is 29.3 Å². The van der Waals surface area contributed by atoms with E-state index in [1.807, 2.05) is 0 Å². The second kappa shape index (κ2) is 4.76. The van der Waals surface area contributed by atoms with E-state index in [2.05, 4.69) is 57.6 Å². The van der Waals surface area contributed by atoms with Crippen LogP contribution >= 0.6 is 0 Å². The van der Waals surface area contributed by atoms with Crippen LogP contribution in [0.4, 0.5) is 0 Å². The summed E-state index contributed by atoms with van der Waals surface area (Å²) < 4.78 is 2.43. The molecular weight excluding hydrogens is 186 g/mol. The first-order chi connectivity index (χ1) is 6.57. The highest BCUT2D eigenvalue weighted by Gasteiger charge is 2.16. The molecule has 0 aromatic heterocycles. The molecule has 0 saturated carbocycles. The lowest BCUT2D eigenvalue weighted by molar-refractivity contribution is 0.646. The van der Waals surface area contributed by atoms with Crippen molar-refractivity contribution in [2.24, 2.45) is 0 Å². The summed E-state index contributed by atoms with van der Waals surface area (Å²) in [7, 11) is 3.54. The minimum atomic E-state index is -0.879. The van der Waals surface area contributed by atoms with Crippen molar-refractivity contribution in [1.82, 2.24) is 4.57 Å². The van der Waals surface area contributed by atoms with E-state index in [9.17, 15) is 0 Å². The van der Waals surface area contributed by atoms with Gasteiger partial charge in [0.2, 0.25) is 0 Å². The molecule has 0 N–H and O–H groups in total. The van der Waals surface area contributed by atoms with Crippen LogP contribution in [0.3, 0.4) is 0 Å². The molecule has 0 saturated heterocycles.